The summed E-state index contributed by atoms with van der Waals surface area (Å²) in [6.45, 7) is 1.67. The number of hydrogen-bond acceptors (Lipinski definition) is 6. The number of aromatic nitrogens is 6. The molecular weight excluding hydrogens is 244 g/mol. The molecule has 98 valence electrons. The van der Waals surface area contributed by atoms with Gasteiger partial charge in [0.25, 0.3) is 0 Å². The monoisotopic (exact) mass is 258 g/mol. The molecule has 0 amide bonds. The molecule has 0 fully saturated rings. The second kappa shape index (κ2) is 4.56. The van der Waals surface area contributed by atoms with E-state index >= 15 is 0 Å². The van der Waals surface area contributed by atoms with Gasteiger partial charge in [-0.15, -0.1) is 0 Å². The van der Waals surface area contributed by atoms with Crippen molar-refractivity contribution in [2.75, 3.05) is 11.5 Å². The summed E-state index contributed by atoms with van der Waals surface area (Å²) in [7, 11) is 0. The topological polar surface area (TPSA) is 113 Å². The third-order valence-corrected chi connectivity index (χ3v) is 2.88. The number of fused-ring (bicyclic) bond motifs is 1. The first-order valence-corrected chi connectivity index (χ1v) is 5.93. The molecule has 0 atom stereocenters. The van der Waals surface area contributed by atoms with Crippen LogP contribution in [-0.4, -0.2) is 29.1 Å². The molecule has 3 aromatic heterocycles. The van der Waals surface area contributed by atoms with Crippen LogP contribution in [0.15, 0.2) is 25.0 Å². The Morgan fingerprint density at radius 1 is 1.11 bits per heavy atom. The van der Waals surface area contributed by atoms with Crippen LogP contribution in [0.5, 0.6) is 0 Å². The lowest BCUT2D eigenvalue weighted by Gasteiger charge is -2.05. The smallest absolute Gasteiger partial charge is 0.224 e. The van der Waals surface area contributed by atoms with Crippen molar-refractivity contribution in [3.63, 3.8) is 0 Å². The second-order valence-electron chi connectivity index (χ2n) is 4.23. The van der Waals surface area contributed by atoms with Crippen LogP contribution >= 0.6 is 0 Å². The van der Waals surface area contributed by atoms with Crippen molar-refractivity contribution in [3.8, 4) is 0 Å². The number of aryl methyl sites for hydroxylation is 2. The van der Waals surface area contributed by atoms with Crippen molar-refractivity contribution in [3.05, 3.63) is 25.0 Å². The molecule has 3 aromatic rings. The third kappa shape index (κ3) is 2.19. The van der Waals surface area contributed by atoms with Crippen molar-refractivity contribution in [2.24, 2.45) is 0 Å². The van der Waals surface area contributed by atoms with E-state index in [1.165, 1.54) is 0 Å². The van der Waals surface area contributed by atoms with E-state index in [2.05, 4.69) is 19.9 Å². The van der Waals surface area contributed by atoms with E-state index in [0.717, 1.165) is 19.5 Å². The third-order valence-electron chi connectivity index (χ3n) is 2.88. The molecule has 3 heterocycles. The zero-order chi connectivity index (χ0) is 13.2. The fourth-order valence-corrected chi connectivity index (χ4v) is 1.99. The standard InChI is InChI=1S/C11H14N8/c12-9-8-10(17-11(13)16-9)19(7-15-8)4-1-3-18-5-2-14-6-18/h2,5-7H,1,3-4H2,(H4,12,13,16,17). The number of nitrogens with two attached hydrogens (primary N) is 2. The number of nitrogen functional groups attached to an aromatic ring is 2. The maximum atomic E-state index is 5.76. The molecule has 0 aliphatic carbocycles. The van der Waals surface area contributed by atoms with Gasteiger partial charge in [-0.3, -0.25) is 0 Å². The SMILES string of the molecule is Nc1nc(N)c2ncn(CCCn3ccnc3)c2n1. The van der Waals surface area contributed by atoms with Crippen LogP contribution in [0.2, 0.25) is 0 Å². The van der Waals surface area contributed by atoms with Gasteiger partial charge in [0, 0.05) is 25.5 Å². The summed E-state index contributed by atoms with van der Waals surface area (Å²) in [6, 6.07) is 0. The van der Waals surface area contributed by atoms with Gasteiger partial charge in [-0.2, -0.15) is 9.97 Å². The van der Waals surface area contributed by atoms with Crippen LogP contribution < -0.4 is 11.5 Å². The summed E-state index contributed by atoms with van der Waals surface area (Å²) < 4.78 is 3.96. The van der Waals surface area contributed by atoms with E-state index in [1.54, 1.807) is 18.9 Å². The molecule has 3 rings (SSSR count). The van der Waals surface area contributed by atoms with Crippen molar-refractivity contribution >= 4 is 22.9 Å². The van der Waals surface area contributed by atoms with E-state index in [1.807, 2.05) is 15.3 Å². The van der Waals surface area contributed by atoms with Gasteiger partial charge < -0.3 is 20.6 Å². The van der Waals surface area contributed by atoms with Crippen LogP contribution in [0.1, 0.15) is 6.42 Å². The van der Waals surface area contributed by atoms with E-state index in [0.29, 0.717) is 17.0 Å². The molecule has 0 unspecified atom stereocenters. The van der Waals surface area contributed by atoms with Crippen molar-refractivity contribution in [1.29, 1.82) is 0 Å². The molecule has 0 aliphatic heterocycles. The number of anilines is 2. The summed E-state index contributed by atoms with van der Waals surface area (Å²) in [5.41, 5.74) is 12.6. The molecule has 8 heteroatoms. The second-order valence-corrected chi connectivity index (χ2v) is 4.23. The highest BCUT2D eigenvalue weighted by atomic mass is 15.2. The lowest BCUT2D eigenvalue weighted by molar-refractivity contribution is 0.569. The Hall–Kier alpha value is -2.64. The molecular formula is C11H14N8. The highest BCUT2D eigenvalue weighted by molar-refractivity contribution is 5.82. The fraction of sp³-hybridized carbons (Fsp3) is 0.273. The van der Waals surface area contributed by atoms with Gasteiger partial charge in [0.1, 0.15) is 5.52 Å². The number of rotatable bonds is 4. The Morgan fingerprint density at radius 2 is 2.00 bits per heavy atom. The fourth-order valence-electron chi connectivity index (χ4n) is 1.99. The lowest BCUT2D eigenvalue weighted by atomic mass is 10.4. The van der Waals surface area contributed by atoms with Crippen LogP contribution in [0.3, 0.4) is 0 Å². The molecule has 0 radical (unpaired) electrons. The Balaban J connectivity index is 1.78. The lowest BCUT2D eigenvalue weighted by Crippen LogP contribution is -2.05. The molecule has 0 aliphatic rings. The van der Waals surface area contributed by atoms with Gasteiger partial charge in [-0.1, -0.05) is 0 Å². The normalized spacial score (nSPS) is 11.2. The number of imidazole rings is 2. The summed E-state index contributed by atoms with van der Waals surface area (Å²) in [5.74, 6) is 0.484. The largest absolute Gasteiger partial charge is 0.382 e. The van der Waals surface area contributed by atoms with Crippen molar-refractivity contribution in [2.45, 2.75) is 19.5 Å². The van der Waals surface area contributed by atoms with Crippen LogP contribution in [-0.2, 0) is 13.1 Å². The number of nitrogens with zero attached hydrogens (tertiary/aromatic N) is 6. The van der Waals surface area contributed by atoms with Gasteiger partial charge in [0.15, 0.2) is 11.5 Å². The van der Waals surface area contributed by atoms with Gasteiger partial charge in [-0.05, 0) is 6.42 Å². The molecule has 19 heavy (non-hydrogen) atoms. The minimum atomic E-state index is 0.168. The van der Waals surface area contributed by atoms with E-state index in [9.17, 15) is 0 Å². The van der Waals surface area contributed by atoms with Gasteiger partial charge in [0.2, 0.25) is 5.95 Å². The Kier molecular flexibility index (Phi) is 2.75. The average Bonchev–Trinajstić information content (AvgIpc) is 2.99. The predicted molar refractivity (Wildman–Crippen MR) is 71.0 cm³/mol. The molecule has 0 saturated carbocycles. The summed E-state index contributed by atoms with van der Waals surface area (Å²) >= 11 is 0. The minimum absolute atomic E-state index is 0.168. The molecule has 0 saturated heterocycles. The Bertz CT molecular complexity index is 684. The number of hydrogen-bond donors (Lipinski definition) is 2. The molecule has 8 nitrogen and oxygen atoms in total. The molecule has 0 spiro atoms. The summed E-state index contributed by atoms with van der Waals surface area (Å²) in [5, 5.41) is 0. The summed E-state index contributed by atoms with van der Waals surface area (Å²) in [4.78, 5) is 16.3. The van der Waals surface area contributed by atoms with Gasteiger partial charge in [0.05, 0.1) is 12.7 Å². The van der Waals surface area contributed by atoms with E-state index in [4.69, 9.17) is 11.5 Å². The van der Waals surface area contributed by atoms with Gasteiger partial charge >= 0.3 is 0 Å². The molecule has 0 bridgehead atoms. The quantitative estimate of drug-likeness (QED) is 0.694. The highest BCUT2D eigenvalue weighted by Gasteiger charge is 2.09. The average molecular weight is 258 g/mol. The zero-order valence-corrected chi connectivity index (χ0v) is 10.3. The summed E-state index contributed by atoms with van der Waals surface area (Å²) in [6.07, 6.45) is 8.14. The minimum Gasteiger partial charge on any atom is -0.382 e. The first-order chi connectivity index (χ1) is 9.24. The van der Waals surface area contributed by atoms with E-state index < -0.39 is 0 Å². The van der Waals surface area contributed by atoms with E-state index in [-0.39, 0.29) is 5.95 Å². The van der Waals surface area contributed by atoms with Crippen LogP contribution in [0.25, 0.3) is 11.2 Å². The van der Waals surface area contributed by atoms with Crippen molar-refractivity contribution in [1.82, 2.24) is 29.1 Å². The first-order valence-electron chi connectivity index (χ1n) is 5.93. The predicted octanol–water partition coefficient (Wildman–Crippen LogP) is 0.277. The van der Waals surface area contributed by atoms with Gasteiger partial charge in [-0.25, -0.2) is 9.97 Å². The maximum absolute atomic E-state index is 5.76. The molecule has 0 aromatic carbocycles. The van der Waals surface area contributed by atoms with Crippen LogP contribution in [0.4, 0.5) is 11.8 Å². The Morgan fingerprint density at radius 3 is 2.79 bits per heavy atom. The van der Waals surface area contributed by atoms with Crippen LogP contribution in [0, 0.1) is 0 Å². The first kappa shape index (κ1) is 11.5. The molecule has 4 N–H and O–H groups in total. The maximum Gasteiger partial charge on any atom is 0.224 e. The Labute approximate surface area is 109 Å². The van der Waals surface area contributed by atoms with Crippen molar-refractivity contribution < 1.29 is 0 Å². The highest BCUT2D eigenvalue weighted by Crippen LogP contribution is 2.17. The zero-order valence-electron chi connectivity index (χ0n) is 10.3.